The molecule has 0 atom stereocenters. The maximum absolute atomic E-state index is 12.1. The van der Waals surface area contributed by atoms with Gasteiger partial charge in [-0.1, -0.05) is 45.4 Å². The molecule has 0 unspecified atom stereocenters. The number of nitrogen functional groups attached to an aromatic ring is 1. The number of hydrogen-bond acceptors (Lipinski definition) is 5. The number of nitrogens with two attached hydrogens (primary N) is 1. The fourth-order valence-electron chi connectivity index (χ4n) is 3.07. The Morgan fingerprint density at radius 1 is 1.11 bits per heavy atom. The van der Waals surface area contributed by atoms with Crippen molar-refractivity contribution in [2.45, 2.75) is 51.9 Å². The largest absolute Gasteiger partial charge is 0.494 e. The first-order valence-corrected chi connectivity index (χ1v) is 9.84. The predicted molar refractivity (Wildman–Crippen MR) is 110 cm³/mol. The number of carbonyl (C=O) groups is 1. The first-order chi connectivity index (χ1) is 13.6. The van der Waals surface area contributed by atoms with E-state index in [-0.39, 0.29) is 16.9 Å². The summed E-state index contributed by atoms with van der Waals surface area (Å²) in [6.45, 7) is 2.92. The van der Waals surface area contributed by atoms with E-state index in [0.29, 0.717) is 12.3 Å². The quantitative estimate of drug-likeness (QED) is 0.442. The van der Waals surface area contributed by atoms with Crippen LogP contribution in [0.2, 0.25) is 0 Å². The minimum absolute atomic E-state index is 0.119. The third kappa shape index (κ3) is 5.53. The number of carbonyl (C=O) groups excluding carboxylic acids is 1. The Labute approximate surface area is 166 Å². The molecule has 28 heavy (non-hydrogen) atoms. The molecule has 0 aliphatic carbocycles. The lowest BCUT2D eigenvalue weighted by Gasteiger charge is -2.10. The molecule has 1 heterocycles. The summed E-state index contributed by atoms with van der Waals surface area (Å²) in [5.41, 5.74) is 7.13. The van der Waals surface area contributed by atoms with Gasteiger partial charge in [0.25, 0.3) is 0 Å². The molecule has 0 saturated heterocycles. The summed E-state index contributed by atoms with van der Waals surface area (Å²) < 4.78 is 12.2. The molecule has 0 saturated carbocycles. The highest BCUT2D eigenvalue weighted by Gasteiger charge is 2.21. The molecule has 2 rings (SSSR count). The lowest BCUT2D eigenvalue weighted by Crippen LogP contribution is -2.11. The standard InChI is InChI=1S/C22H29N3O3/c1-3-4-5-6-7-8-9-14-28-19-12-10-18(11-13-19)25-16-17(15-23)20(24)21(25)22(26)27-2/h10-13,16H,3-9,14,24H2,1-2H3. The van der Waals surface area contributed by atoms with Gasteiger partial charge in [0.1, 0.15) is 11.8 Å². The van der Waals surface area contributed by atoms with Crippen molar-refractivity contribution in [1.82, 2.24) is 4.57 Å². The van der Waals surface area contributed by atoms with E-state index in [1.54, 1.807) is 4.57 Å². The zero-order valence-corrected chi connectivity index (χ0v) is 16.7. The number of esters is 1. The van der Waals surface area contributed by atoms with E-state index < -0.39 is 5.97 Å². The number of benzene rings is 1. The second-order valence-electron chi connectivity index (χ2n) is 6.74. The molecule has 0 amide bonds. The zero-order valence-electron chi connectivity index (χ0n) is 16.7. The lowest BCUT2D eigenvalue weighted by molar-refractivity contribution is 0.0593. The van der Waals surface area contributed by atoms with Gasteiger partial charge >= 0.3 is 5.97 Å². The highest BCUT2D eigenvalue weighted by molar-refractivity contribution is 5.95. The second-order valence-corrected chi connectivity index (χ2v) is 6.74. The number of aromatic nitrogens is 1. The Bertz CT molecular complexity index is 804. The summed E-state index contributed by atoms with van der Waals surface area (Å²) in [5, 5.41) is 9.19. The lowest BCUT2D eigenvalue weighted by atomic mass is 10.1. The fourth-order valence-corrected chi connectivity index (χ4v) is 3.07. The van der Waals surface area contributed by atoms with Crippen molar-refractivity contribution in [3.63, 3.8) is 0 Å². The average molecular weight is 383 g/mol. The van der Waals surface area contributed by atoms with Crippen LogP contribution < -0.4 is 10.5 Å². The zero-order chi connectivity index (χ0) is 20.4. The minimum atomic E-state index is -0.585. The molecule has 0 spiro atoms. The van der Waals surface area contributed by atoms with Crippen LogP contribution in [0.25, 0.3) is 5.69 Å². The van der Waals surface area contributed by atoms with E-state index in [1.165, 1.54) is 51.8 Å². The normalized spacial score (nSPS) is 10.5. The van der Waals surface area contributed by atoms with Crippen LogP contribution in [0.4, 0.5) is 5.69 Å². The van der Waals surface area contributed by atoms with Crippen molar-refractivity contribution in [3.05, 3.63) is 41.7 Å². The Morgan fingerprint density at radius 2 is 1.75 bits per heavy atom. The molecule has 2 aromatic rings. The molecule has 0 fully saturated rings. The summed E-state index contributed by atoms with van der Waals surface area (Å²) in [7, 11) is 1.28. The number of rotatable bonds is 11. The van der Waals surface area contributed by atoms with Crippen LogP contribution in [0.5, 0.6) is 5.75 Å². The topological polar surface area (TPSA) is 90.3 Å². The molecule has 2 N–H and O–H groups in total. The number of hydrogen-bond donors (Lipinski definition) is 1. The van der Waals surface area contributed by atoms with Gasteiger partial charge in [-0.3, -0.25) is 0 Å². The van der Waals surface area contributed by atoms with Gasteiger partial charge in [-0.05, 0) is 30.7 Å². The highest BCUT2D eigenvalue weighted by Crippen LogP contribution is 2.26. The van der Waals surface area contributed by atoms with Gasteiger partial charge in [-0.15, -0.1) is 0 Å². The van der Waals surface area contributed by atoms with E-state index in [9.17, 15) is 10.1 Å². The molecule has 1 aromatic heterocycles. The number of methoxy groups -OCH3 is 1. The summed E-state index contributed by atoms with van der Waals surface area (Å²) in [5.74, 6) is 0.188. The minimum Gasteiger partial charge on any atom is -0.494 e. The van der Waals surface area contributed by atoms with Crippen LogP contribution in [-0.4, -0.2) is 24.3 Å². The molecule has 0 bridgehead atoms. The Balaban J connectivity index is 1.94. The van der Waals surface area contributed by atoms with Gasteiger partial charge < -0.3 is 19.8 Å². The van der Waals surface area contributed by atoms with Gasteiger partial charge in [0.2, 0.25) is 0 Å². The van der Waals surface area contributed by atoms with Crippen LogP contribution in [0.1, 0.15) is 67.9 Å². The van der Waals surface area contributed by atoms with Crippen LogP contribution in [0, 0.1) is 11.3 Å². The van der Waals surface area contributed by atoms with E-state index >= 15 is 0 Å². The van der Waals surface area contributed by atoms with Crippen LogP contribution >= 0.6 is 0 Å². The van der Waals surface area contributed by atoms with Crippen LogP contribution in [-0.2, 0) is 4.74 Å². The second kappa shape index (κ2) is 11.0. The number of ether oxygens (including phenoxy) is 2. The molecule has 0 aliphatic rings. The molecule has 6 heteroatoms. The predicted octanol–water partition coefficient (Wildman–Crippen LogP) is 4.85. The van der Waals surface area contributed by atoms with Crippen molar-refractivity contribution in [2.75, 3.05) is 19.5 Å². The molecular weight excluding hydrogens is 354 g/mol. The summed E-state index contributed by atoms with van der Waals surface area (Å²) >= 11 is 0. The van der Waals surface area contributed by atoms with E-state index in [0.717, 1.165) is 12.2 Å². The fraction of sp³-hybridized carbons (Fsp3) is 0.455. The Kier molecular flexibility index (Phi) is 8.41. The summed E-state index contributed by atoms with van der Waals surface area (Å²) in [4.78, 5) is 12.1. The molecule has 6 nitrogen and oxygen atoms in total. The van der Waals surface area contributed by atoms with E-state index in [2.05, 4.69) is 6.92 Å². The van der Waals surface area contributed by atoms with Crippen molar-refractivity contribution >= 4 is 11.7 Å². The van der Waals surface area contributed by atoms with Crippen molar-refractivity contribution in [1.29, 1.82) is 5.26 Å². The molecule has 0 radical (unpaired) electrons. The summed E-state index contributed by atoms with van der Waals surface area (Å²) in [6, 6.07) is 9.34. The van der Waals surface area contributed by atoms with Crippen LogP contribution in [0.15, 0.2) is 30.5 Å². The first kappa shape index (κ1) is 21.4. The molecule has 1 aromatic carbocycles. The van der Waals surface area contributed by atoms with E-state index in [4.69, 9.17) is 15.2 Å². The monoisotopic (exact) mass is 383 g/mol. The maximum Gasteiger partial charge on any atom is 0.357 e. The first-order valence-electron chi connectivity index (χ1n) is 9.84. The van der Waals surface area contributed by atoms with Gasteiger partial charge in [-0.25, -0.2) is 4.79 Å². The molecule has 150 valence electrons. The average Bonchev–Trinajstić information content (AvgIpc) is 3.06. The third-order valence-electron chi connectivity index (χ3n) is 4.68. The Morgan fingerprint density at radius 3 is 2.36 bits per heavy atom. The van der Waals surface area contributed by atoms with Crippen molar-refractivity contribution < 1.29 is 14.3 Å². The van der Waals surface area contributed by atoms with E-state index in [1.807, 2.05) is 30.3 Å². The van der Waals surface area contributed by atoms with Crippen LogP contribution in [0.3, 0.4) is 0 Å². The molecular formula is C22H29N3O3. The highest BCUT2D eigenvalue weighted by atomic mass is 16.5. The maximum atomic E-state index is 12.1. The number of nitrogens with zero attached hydrogens (tertiary/aromatic N) is 2. The van der Waals surface area contributed by atoms with Gasteiger partial charge in [0.05, 0.1) is 25.0 Å². The van der Waals surface area contributed by atoms with Gasteiger partial charge in [0, 0.05) is 11.9 Å². The van der Waals surface area contributed by atoms with Gasteiger partial charge in [0.15, 0.2) is 5.69 Å². The number of anilines is 1. The summed E-state index contributed by atoms with van der Waals surface area (Å²) in [6.07, 6.45) is 10.2. The number of nitriles is 1. The smallest absolute Gasteiger partial charge is 0.357 e. The molecule has 0 aliphatic heterocycles. The SMILES string of the molecule is CCCCCCCCCOc1ccc(-n2cc(C#N)c(N)c2C(=O)OC)cc1. The van der Waals surface area contributed by atoms with Gasteiger partial charge in [-0.2, -0.15) is 5.26 Å². The number of unbranched alkanes of at least 4 members (excludes halogenated alkanes) is 6. The Hall–Kier alpha value is -2.94. The van der Waals surface area contributed by atoms with Crippen molar-refractivity contribution in [2.24, 2.45) is 0 Å². The third-order valence-corrected chi connectivity index (χ3v) is 4.68. The van der Waals surface area contributed by atoms with Crippen molar-refractivity contribution in [3.8, 4) is 17.5 Å².